The third kappa shape index (κ3) is 7.04. The summed E-state index contributed by atoms with van der Waals surface area (Å²) in [5, 5.41) is 5.71. The molecule has 0 radical (unpaired) electrons. The number of amides is 2. The Bertz CT molecular complexity index is 789. The van der Waals surface area contributed by atoms with E-state index in [1.54, 1.807) is 24.3 Å². The minimum atomic E-state index is -0.216. The SMILES string of the molecule is CCOc1ccc(Br)cc1C(=O)NCCCNC(=O)c1cc(Br)ccc1OCC. The second-order valence-electron chi connectivity index (χ2n) is 6.01. The van der Waals surface area contributed by atoms with Crippen LogP contribution in [0, 0.1) is 0 Å². The summed E-state index contributed by atoms with van der Waals surface area (Å²) < 4.78 is 12.6. The first kappa shape index (κ1) is 23.2. The quantitative estimate of drug-likeness (QED) is 0.444. The molecule has 2 aromatic rings. The molecule has 0 bridgehead atoms. The lowest BCUT2D eigenvalue weighted by Gasteiger charge is -2.12. The number of rotatable bonds is 10. The molecule has 0 aliphatic heterocycles. The van der Waals surface area contributed by atoms with Gasteiger partial charge in [0.25, 0.3) is 11.8 Å². The smallest absolute Gasteiger partial charge is 0.255 e. The number of carbonyl (C=O) groups excluding carboxylic acids is 2. The Morgan fingerprint density at radius 2 is 1.21 bits per heavy atom. The zero-order valence-electron chi connectivity index (χ0n) is 16.4. The molecule has 0 saturated carbocycles. The topological polar surface area (TPSA) is 76.7 Å². The molecule has 156 valence electrons. The lowest BCUT2D eigenvalue weighted by atomic mass is 10.2. The Morgan fingerprint density at radius 1 is 0.793 bits per heavy atom. The number of halogens is 2. The van der Waals surface area contributed by atoms with Crippen molar-refractivity contribution in [3.63, 3.8) is 0 Å². The summed E-state index contributed by atoms with van der Waals surface area (Å²) in [5.74, 6) is 0.651. The van der Waals surface area contributed by atoms with E-state index in [-0.39, 0.29) is 11.8 Å². The number of hydrogen-bond donors (Lipinski definition) is 2. The van der Waals surface area contributed by atoms with Crippen molar-refractivity contribution in [1.29, 1.82) is 0 Å². The van der Waals surface area contributed by atoms with Gasteiger partial charge in [-0.1, -0.05) is 31.9 Å². The monoisotopic (exact) mass is 526 g/mol. The Balaban J connectivity index is 1.84. The number of ether oxygens (including phenoxy) is 2. The van der Waals surface area contributed by atoms with Gasteiger partial charge in [0.15, 0.2) is 0 Å². The van der Waals surface area contributed by atoms with E-state index < -0.39 is 0 Å². The minimum Gasteiger partial charge on any atom is -0.493 e. The first-order valence-electron chi connectivity index (χ1n) is 9.37. The zero-order chi connectivity index (χ0) is 21.2. The van der Waals surface area contributed by atoms with Crippen molar-refractivity contribution in [2.45, 2.75) is 20.3 Å². The molecule has 6 nitrogen and oxygen atoms in total. The minimum absolute atomic E-state index is 0.216. The largest absolute Gasteiger partial charge is 0.493 e. The molecule has 0 spiro atoms. The van der Waals surface area contributed by atoms with Crippen LogP contribution in [0.5, 0.6) is 11.5 Å². The molecule has 2 rings (SSSR count). The molecule has 0 unspecified atom stereocenters. The molecule has 0 atom stereocenters. The van der Waals surface area contributed by atoms with Crippen LogP contribution in [-0.4, -0.2) is 38.1 Å². The van der Waals surface area contributed by atoms with Crippen molar-refractivity contribution in [3.05, 3.63) is 56.5 Å². The van der Waals surface area contributed by atoms with Crippen molar-refractivity contribution in [1.82, 2.24) is 10.6 Å². The van der Waals surface area contributed by atoms with Crippen molar-refractivity contribution in [2.75, 3.05) is 26.3 Å². The molecular formula is C21H24Br2N2O4. The van der Waals surface area contributed by atoms with Gasteiger partial charge in [-0.25, -0.2) is 0 Å². The summed E-state index contributed by atoms with van der Waals surface area (Å²) >= 11 is 6.74. The van der Waals surface area contributed by atoms with Gasteiger partial charge in [0.05, 0.1) is 24.3 Å². The van der Waals surface area contributed by atoms with E-state index in [0.29, 0.717) is 55.4 Å². The van der Waals surface area contributed by atoms with Crippen LogP contribution < -0.4 is 20.1 Å². The highest BCUT2D eigenvalue weighted by Gasteiger charge is 2.14. The average molecular weight is 528 g/mol. The van der Waals surface area contributed by atoms with Gasteiger partial charge in [-0.05, 0) is 56.7 Å². The standard InChI is InChI=1S/C21H24Br2N2O4/c1-3-28-18-8-6-14(22)12-16(18)20(26)24-10-5-11-25-21(27)17-13-15(23)7-9-19(17)29-4-2/h6-9,12-13H,3-5,10-11H2,1-2H3,(H,24,26)(H,25,27). The van der Waals surface area contributed by atoms with E-state index in [9.17, 15) is 9.59 Å². The van der Waals surface area contributed by atoms with Crippen LogP contribution in [0.15, 0.2) is 45.3 Å². The van der Waals surface area contributed by atoms with Crippen molar-refractivity contribution in [2.24, 2.45) is 0 Å². The normalized spacial score (nSPS) is 10.3. The van der Waals surface area contributed by atoms with Crippen molar-refractivity contribution >= 4 is 43.7 Å². The Kier molecular flexibility index (Phi) is 9.47. The van der Waals surface area contributed by atoms with E-state index in [0.717, 1.165) is 8.95 Å². The fraction of sp³-hybridized carbons (Fsp3) is 0.333. The number of nitrogens with one attached hydrogen (secondary N) is 2. The maximum atomic E-state index is 12.4. The molecule has 2 N–H and O–H groups in total. The third-order valence-corrected chi connectivity index (χ3v) is 4.88. The molecular weight excluding hydrogens is 504 g/mol. The van der Waals surface area contributed by atoms with Gasteiger partial charge < -0.3 is 20.1 Å². The Labute approximate surface area is 187 Å². The van der Waals surface area contributed by atoms with Crippen molar-refractivity contribution in [3.8, 4) is 11.5 Å². The van der Waals surface area contributed by atoms with E-state index in [1.807, 2.05) is 26.0 Å². The Hall–Kier alpha value is -2.06. The van der Waals surface area contributed by atoms with E-state index in [1.165, 1.54) is 0 Å². The number of carbonyl (C=O) groups is 2. The van der Waals surface area contributed by atoms with E-state index in [2.05, 4.69) is 42.5 Å². The molecule has 0 fully saturated rings. The van der Waals surface area contributed by atoms with Crippen LogP contribution in [-0.2, 0) is 0 Å². The maximum Gasteiger partial charge on any atom is 0.255 e. The summed E-state index contributed by atoms with van der Waals surface area (Å²) in [6.45, 7) is 5.55. The predicted molar refractivity (Wildman–Crippen MR) is 120 cm³/mol. The molecule has 0 aromatic heterocycles. The fourth-order valence-electron chi connectivity index (χ4n) is 2.60. The van der Waals surface area contributed by atoms with Gasteiger partial charge in [0, 0.05) is 22.0 Å². The number of benzene rings is 2. The fourth-order valence-corrected chi connectivity index (χ4v) is 3.33. The highest BCUT2D eigenvalue weighted by atomic mass is 79.9. The first-order chi connectivity index (χ1) is 14.0. The third-order valence-electron chi connectivity index (χ3n) is 3.90. The van der Waals surface area contributed by atoms with Crippen LogP contribution in [0.25, 0.3) is 0 Å². The summed E-state index contributed by atoms with van der Waals surface area (Å²) in [4.78, 5) is 24.9. The van der Waals surface area contributed by atoms with Gasteiger partial charge >= 0.3 is 0 Å². The van der Waals surface area contributed by atoms with Gasteiger partial charge in [-0.15, -0.1) is 0 Å². The molecule has 0 saturated heterocycles. The first-order valence-corrected chi connectivity index (χ1v) is 11.0. The predicted octanol–water partition coefficient (Wildman–Crippen LogP) is 4.56. The lowest BCUT2D eigenvalue weighted by Crippen LogP contribution is -2.30. The van der Waals surface area contributed by atoms with E-state index in [4.69, 9.17) is 9.47 Å². The summed E-state index contributed by atoms with van der Waals surface area (Å²) in [7, 11) is 0. The van der Waals surface area contributed by atoms with Gasteiger partial charge in [-0.2, -0.15) is 0 Å². The highest BCUT2D eigenvalue weighted by molar-refractivity contribution is 9.10. The number of hydrogen-bond acceptors (Lipinski definition) is 4. The molecule has 2 aromatic carbocycles. The van der Waals surface area contributed by atoms with Crippen molar-refractivity contribution < 1.29 is 19.1 Å². The lowest BCUT2D eigenvalue weighted by molar-refractivity contribution is 0.0948. The second-order valence-corrected chi connectivity index (χ2v) is 7.84. The molecule has 0 aliphatic rings. The van der Waals surface area contributed by atoms with Crippen LogP contribution >= 0.6 is 31.9 Å². The van der Waals surface area contributed by atoms with Crippen LogP contribution in [0.3, 0.4) is 0 Å². The second kappa shape index (κ2) is 11.8. The van der Waals surface area contributed by atoms with Crippen LogP contribution in [0.2, 0.25) is 0 Å². The molecule has 2 amide bonds. The van der Waals surface area contributed by atoms with Gasteiger partial charge in [0.2, 0.25) is 0 Å². The zero-order valence-corrected chi connectivity index (χ0v) is 19.6. The average Bonchev–Trinajstić information content (AvgIpc) is 2.70. The van der Waals surface area contributed by atoms with Gasteiger partial charge in [-0.3, -0.25) is 9.59 Å². The van der Waals surface area contributed by atoms with Crippen LogP contribution in [0.4, 0.5) is 0 Å². The summed E-state index contributed by atoms with van der Waals surface area (Å²) in [6.07, 6.45) is 0.591. The molecule has 0 heterocycles. The summed E-state index contributed by atoms with van der Waals surface area (Å²) in [6, 6.07) is 10.6. The summed E-state index contributed by atoms with van der Waals surface area (Å²) in [5.41, 5.74) is 0.946. The van der Waals surface area contributed by atoms with E-state index >= 15 is 0 Å². The van der Waals surface area contributed by atoms with Crippen LogP contribution in [0.1, 0.15) is 41.0 Å². The molecule has 29 heavy (non-hydrogen) atoms. The van der Waals surface area contributed by atoms with Gasteiger partial charge in [0.1, 0.15) is 11.5 Å². The Morgan fingerprint density at radius 3 is 1.59 bits per heavy atom. The molecule has 0 aliphatic carbocycles. The maximum absolute atomic E-state index is 12.4. The molecule has 8 heteroatoms. The highest BCUT2D eigenvalue weighted by Crippen LogP contribution is 2.24.